The second kappa shape index (κ2) is 3.64. The number of rotatable bonds is 2. The Kier molecular flexibility index (Phi) is 2.79. The third-order valence-corrected chi connectivity index (χ3v) is 2.36. The van der Waals surface area contributed by atoms with Crippen molar-refractivity contribution in [3.63, 3.8) is 0 Å². The van der Waals surface area contributed by atoms with Crippen molar-refractivity contribution in [1.29, 1.82) is 0 Å². The van der Waals surface area contributed by atoms with E-state index in [1.165, 1.54) is 10.5 Å². The molecule has 0 spiro atoms. The lowest BCUT2D eigenvalue weighted by molar-refractivity contribution is 1.15. The fraction of sp³-hybridized carbons (Fsp3) is 0.375. The zero-order valence-electron chi connectivity index (χ0n) is 6.79. The lowest BCUT2D eigenvalue weighted by Crippen LogP contribution is -1.99. The topological polar surface area (TPSA) is 38.9 Å². The summed E-state index contributed by atoms with van der Waals surface area (Å²) in [5.41, 5.74) is 9.58. The molecular weight excluding hydrogens is 156 g/mol. The zero-order valence-corrected chi connectivity index (χ0v) is 7.61. The van der Waals surface area contributed by atoms with Crippen LogP contribution in [0.5, 0.6) is 0 Å². The molecule has 1 rings (SSSR count). The number of aromatic nitrogens is 1. The summed E-state index contributed by atoms with van der Waals surface area (Å²) in [4.78, 5) is 5.35. The summed E-state index contributed by atoms with van der Waals surface area (Å²) < 4.78 is 0. The third-order valence-electron chi connectivity index (χ3n) is 1.48. The first-order valence-electron chi connectivity index (χ1n) is 3.51. The third kappa shape index (κ3) is 2.13. The van der Waals surface area contributed by atoms with Gasteiger partial charge in [-0.2, -0.15) is 0 Å². The van der Waals surface area contributed by atoms with Gasteiger partial charge in [-0.05, 0) is 19.9 Å². The largest absolute Gasteiger partial charge is 0.327 e. The monoisotopic (exact) mass is 168 g/mol. The van der Waals surface area contributed by atoms with Crippen LogP contribution >= 0.6 is 11.3 Å². The molecule has 0 unspecified atom stereocenters. The molecule has 0 aromatic carbocycles. The van der Waals surface area contributed by atoms with Gasteiger partial charge in [0.25, 0.3) is 0 Å². The maximum Gasteiger partial charge on any atom is 0.0801 e. The average molecular weight is 168 g/mol. The molecule has 0 saturated heterocycles. The van der Waals surface area contributed by atoms with Crippen LogP contribution in [0.4, 0.5) is 0 Å². The SMILES string of the molecule is CC(=Cc1scnc1C)CN. The van der Waals surface area contributed by atoms with Crippen molar-refractivity contribution in [2.75, 3.05) is 6.54 Å². The van der Waals surface area contributed by atoms with Crippen molar-refractivity contribution < 1.29 is 0 Å². The van der Waals surface area contributed by atoms with Crippen molar-refractivity contribution in [3.05, 3.63) is 21.7 Å². The first kappa shape index (κ1) is 8.43. The molecule has 11 heavy (non-hydrogen) atoms. The second-order valence-electron chi connectivity index (χ2n) is 2.50. The molecular formula is C8H12N2S. The molecule has 0 bridgehead atoms. The minimum absolute atomic E-state index is 0.622. The summed E-state index contributed by atoms with van der Waals surface area (Å²) in [7, 11) is 0. The molecule has 0 atom stereocenters. The Labute approximate surface area is 70.8 Å². The summed E-state index contributed by atoms with van der Waals surface area (Å²) in [6.45, 7) is 4.66. The molecule has 0 aliphatic rings. The molecule has 0 amide bonds. The summed E-state index contributed by atoms with van der Waals surface area (Å²) in [5.74, 6) is 0. The zero-order chi connectivity index (χ0) is 8.27. The van der Waals surface area contributed by atoms with Gasteiger partial charge < -0.3 is 5.73 Å². The molecule has 3 heteroatoms. The highest BCUT2D eigenvalue weighted by atomic mass is 32.1. The Morgan fingerprint density at radius 3 is 3.00 bits per heavy atom. The highest BCUT2D eigenvalue weighted by molar-refractivity contribution is 7.10. The van der Waals surface area contributed by atoms with Gasteiger partial charge in [0.1, 0.15) is 0 Å². The lowest BCUT2D eigenvalue weighted by atomic mass is 10.2. The van der Waals surface area contributed by atoms with Gasteiger partial charge in [-0.15, -0.1) is 11.3 Å². The van der Waals surface area contributed by atoms with Crippen LogP contribution in [-0.2, 0) is 0 Å². The van der Waals surface area contributed by atoms with Gasteiger partial charge in [0, 0.05) is 11.4 Å². The Hall–Kier alpha value is -0.670. The van der Waals surface area contributed by atoms with Gasteiger partial charge in [0.05, 0.1) is 11.2 Å². The van der Waals surface area contributed by atoms with Crippen molar-refractivity contribution in [2.45, 2.75) is 13.8 Å². The van der Waals surface area contributed by atoms with E-state index in [4.69, 9.17) is 5.73 Å². The number of nitrogens with zero attached hydrogens (tertiary/aromatic N) is 1. The number of hydrogen-bond donors (Lipinski definition) is 1. The fourth-order valence-corrected chi connectivity index (χ4v) is 1.55. The standard InChI is InChI=1S/C8H12N2S/c1-6(4-9)3-8-7(2)10-5-11-8/h3,5H,4,9H2,1-2H3. The van der Waals surface area contributed by atoms with Gasteiger partial charge >= 0.3 is 0 Å². The van der Waals surface area contributed by atoms with E-state index in [0.29, 0.717) is 6.54 Å². The van der Waals surface area contributed by atoms with Crippen LogP contribution in [0.3, 0.4) is 0 Å². The van der Waals surface area contributed by atoms with Crippen LogP contribution < -0.4 is 5.73 Å². The molecule has 0 fully saturated rings. The van der Waals surface area contributed by atoms with Gasteiger partial charge in [-0.25, -0.2) is 4.98 Å². The van der Waals surface area contributed by atoms with Crippen molar-refractivity contribution in [3.8, 4) is 0 Å². The number of hydrogen-bond acceptors (Lipinski definition) is 3. The van der Waals surface area contributed by atoms with Crippen LogP contribution in [0.15, 0.2) is 11.1 Å². The van der Waals surface area contributed by atoms with E-state index < -0.39 is 0 Å². The molecule has 2 nitrogen and oxygen atoms in total. The van der Waals surface area contributed by atoms with Crippen LogP contribution in [0.2, 0.25) is 0 Å². The van der Waals surface area contributed by atoms with Crippen LogP contribution in [0, 0.1) is 6.92 Å². The Balaban J connectivity index is 2.86. The highest BCUT2D eigenvalue weighted by Crippen LogP contribution is 2.15. The maximum absolute atomic E-state index is 5.45. The van der Waals surface area contributed by atoms with Crippen LogP contribution in [0.25, 0.3) is 6.08 Å². The summed E-state index contributed by atoms with van der Waals surface area (Å²) in [6, 6.07) is 0. The Bertz CT molecular complexity index is 263. The van der Waals surface area contributed by atoms with E-state index in [2.05, 4.69) is 11.1 Å². The Morgan fingerprint density at radius 2 is 2.55 bits per heavy atom. The van der Waals surface area contributed by atoms with E-state index in [-0.39, 0.29) is 0 Å². The molecule has 0 aliphatic carbocycles. The van der Waals surface area contributed by atoms with Crippen molar-refractivity contribution >= 4 is 17.4 Å². The molecule has 1 aromatic rings. The Morgan fingerprint density at radius 1 is 1.82 bits per heavy atom. The molecule has 0 saturated carbocycles. The predicted molar refractivity (Wildman–Crippen MR) is 49.6 cm³/mol. The normalized spacial score (nSPS) is 12.1. The number of aryl methyl sites for hydroxylation is 1. The maximum atomic E-state index is 5.45. The van der Waals surface area contributed by atoms with Crippen LogP contribution in [-0.4, -0.2) is 11.5 Å². The summed E-state index contributed by atoms with van der Waals surface area (Å²) in [6.07, 6.45) is 2.09. The molecule has 60 valence electrons. The molecule has 0 aliphatic heterocycles. The van der Waals surface area contributed by atoms with E-state index in [0.717, 1.165) is 5.69 Å². The van der Waals surface area contributed by atoms with Gasteiger partial charge in [-0.3, -0.25) is 0 Å². The second-order valence-corrected chi connectivity index (χ2v) is 3.38. The van der Waals surface area contributed by atoms with E-state index in [9.17, 15) is 0 Å². The smallest absolute Gasteiger partial charge is 0.0801 e. The molecule has 1 heterocycles. The quantitative estimate of drug-likeness (QED) is 0.731. The molecule has 2 N–H and O–H groups in total. The summed E-state index contributed by atoms with van der Waals surface area (Å²) in [5, 5.41) is 0. The first-order chi connectivity index (χ1) is 5.24. The fourth-order valence-electron chi connectivity index (χ4n) is 0.732. The molecule has 1 aromatic heterocycles. The van der Waals surface area contributed by atoms with E-state index in [1.54, 1.807) is 11.3 Å². The van der Waals surface area contributed by atoms with Gasteiger partial charge in [-0.1, -0.05) is 5.57 Å². The lowest BCUT2D eigenvalue weighted by Gasteiger charge is -1.93. The minimum atomic E-state index is 0.622. The van der Waals surface area contributed by atoms with Gasteiger partial charge in [0.2, 0.25) is 0 Å². The number of nitrogens with two attached hydrogens (primary N) is 1. The highest BCUT2D eigenvalue weighted by Gasteiger charge is 1.96. The van der Waals surface area contributed by atoms with E-state index in [1.807, 2.05) is 19.4 Å². The molecule has 0 radical (unpaired) electrons. The van der Waals surface area contributed by atoms with E-state index >= 15 is 0 Å². The summed E-state index contributed by atoms with van der Waals surface area (Å²) >= 11 is 1.65. The van der Waals surface area contributed by atoms with Crippen molar-refractivity contribution in [2.24, 2.45) is 5.73 Å². The van der Waals surface area contributed by atoms with Crippen LogP contribution in [0.1, 0.15) is 17.5 Å². The first-order valence-corrected chi connectivity index (χ1v) is 4.39. The van der Waals surface area contributed by atoms with Crippen molar-refractivity contribution in [1.82, 2.24) is 4.98 Å². The minimum Gasteiger partial charge on any atom is -0.327 e. The average Bonchev–Trinajstić information content (AvgIpc) is 2.37. The van der Waals surface area contributed by atoms with Gasteiger partial charge in [0.15, 0.2) is 0 Å². The number of thiazole rings is 1. The predicted octanol–water partition coefficient (Wildman–Crippen LogP) is 1.81.